The summed E-state index contributed by atoms with van der Waals surface area (Å²) < 4.78 is 6.87. The topological polar surface area (TPSA) is 64.2 Å². The molecule has 0 radical (unpaired) electrons. The molecule has 0 saturated carbocycles. The molecule has 0 fully saturated rings. The molecule has 3 aromatic rings. The van der Waals surface area contributed by atoms with Crippen LogP contribution in [0.1, 0.15) is 31.0 Å². The monoisotopic (exact) mass is 324 g/mol. The summed E-state index contributed by atoms with van der Waals surface area (Å²) in [5.41, 5.74) is 3.90. The minimum absolute atomic E-state index is 0.0141. The van der Waals surface area contributed by atoms with Crippen LogP contribution < -0.4 is 11.1 Å². The van der Waals surface area contributed by atoms with Gasteiger partial charge < -0.3 is 9.73 Å². The second kappa shape index (κ2) is 6.35. The highest BCUT2D eigenvalue weighted by Crippen LogP contribution is 2.21. The van der Waals surface area contributed by atoms with E-state index in [0.717, 1.165) is 16.6 Å². The Hall–Kier alpha value is -2.82. The van der Waals surface area contributed by atoms with E-state index < -0.39 is 0 Å². The summed E-state index contributed by atoms with van der Waals surface area (Å²) in [6.07, 6.45) is 0.307. The van der Waals surface area contributed by atoms with E-state index in [9.17, 15) is 9.59 Å². The fraction of sp³-hybridized carbons (Fsp3) is 0.263. The molecule has 3 rings (SSSR count). The molecule has 0 atom stereocenters. The van der Waals surface area contributed by atoms with Crippen LogP contribution in [0.25, 0.3) is 11.1 Å². The van der Waals surface area contributed by atoms with Crippen LogP contribution in [0.15, 0.2) is 51.7 Å². The Morgan fingerprint density at radius 2 is 1.96 bits per heavy atom. The van der Waals surface area contributed by atoms with Crippen molar-refractivity contribution in [2.45, 2.75) is 33.2 Å². The molecule has 0 spiro atoms. The number of aromatic nitrogens is 1. The number of benzene rings is 2. The summed E-state index contributed by atoms with van der Waals surface area (Å²) in [6.45, 7) is 5.83. The van der Waals surface area contributed by atoms with Gasteiger partial charge >= 0.3 is 5.76 Å². The lowest BCUT2D eigenvalue weighted by Gasteiger charge is -2.08. The van der Waals surface area contributed by atoms with Gasteiger partial charge in [-0.25, -0.2) is 4.79 Å². The van der Waals surface area contributed by atoms with Gasteiger partial charge in [-0.05, 0) is 44.0 Å². The molecule has 2 aromatic carbocycles. The van der Waals surface area contributed by atoms with Gasteiger partial charge in [0.2, 0.25) is 5.91 Å². The molecule has 0 saturated heterocycles. The van der Waals surface area contributed by atoms with Crippen LogP contribution in [0.3, 0.4) is 0 Å². The average Bonchev–Trinajstić information content (AvgIpc) is 2.84. The van der Waals surface area contributed by atoms with Crippen LogP contribution in [0.4, 0.5) is 5.69 Å². The van der Waals surface area contributed by atoms with Crippen molar-refractivity contribution in [2.75, 3.05) is 5.32 Å². The molecule has 1 aromatic heterocycles. The first kappa shape index (κ1) is 16.1. The number of carbonyl (C=O) groups excluding carboxylic acids is 1. The van der Waals surface area contributed by atoms with Crippen molar-refractivity contribution in [3.05, 3.63) is 64.1 Å². The van der Waals surface area contributed by atoms with Crippen LogP contribution in [0.5, 0.6) is 0 Å². The Morgan fingerprint density at radius 3 is 2.67 bits per heavy atom. The number of hydrogen-bond acceptors (Lipinski definition) is 3. The maximum absolute atomic E-state index is 12.2. The number of nitrogens with zero attached hydrogens (tertiary/aromatic N) is 1. The summed E-state index contributed by atoms with van der Waals surface area (Å²) in [6, 6.07) is 13.1. The summed E-state index contributed by atoms with van der Waals surface area (Å²) >= 11 is 0. The highest BCUT2D eigenvalue weighted by molar-refractivity contribution is 5.94. The molecule has 0 aliphatic rings. The molecule has 5 nitrogen and oxygen atoms in total. The molecule has 24 heavy (non-hydrogen) atoms. The maximum Gasteiger partial charge on any atom is 0.420 e. The van der Waals surface area contributed by atoms with Crippen LogP contribution in [0.2, 0.25) is 0 Å². The van der Waals surface area contributed by atoms with Crippen molar-refractivity contribution in [1.82, 2.24) is 4.57 Å². The number of aryl methyl sites for hydroxylation is 1. The fourth-order valence-corrected chi connectivity index (χ4v) is 2.79. The van der Waals surface area contributed by atoms with Gasteiger partial charge in [0, 0.05) is 17.8 Å². The third-order valence-electron chi connectivity index (χ3n) is 4.03. The summed E-state index contributed by atoms with van der Waals surface area (Å²) in [5, 5.41) is 2.86. The zero-order valence-electron chi connectivity index (χ0n) is 14.0. The second-order valence-corrected chi connectivity index (χ2v) is 6.17. The first-order valence-corrected chi connectivity index (χ1v) is 7.95. The predicted molar refractivity (Wildman–Crippen MR) is 94.4 cm³/mol. The van der Waals surface area contributed by atoms with Gasteiger partial charge in [-0.2, -0.15) is 0 Å². The minimum atomic E-state index is -0.386. The lowest BCUT2D eigenvalue weighted by atomic mass is 10.1. The normalized spacial score (nSPS) is 11.2. The maximum atomic E-state index is 12.2. The molecule has 0 aliphatic carbocycles. The average molecular weight is 324 g/mol. The first-order chi connectivity index (χ1) is 11.5. The minimum Gasteiger partial charge on any atom is -0.408 e. The fourth-order valence-electron chi connectivity index (χ4n) is 2.79. The molecular weight excluding hydrogens is 304 g/mol. The number of hydrogen-bond donors (Lipinski definition) is 1. The Kier molecular flexibility index (Phi) is 4.25. The van der Waals surface area contributed by atoms with Gasteiger partial charge in [-0.1, -0.05) is 24.3 Å². The number of nitrogens with one attached hydrogen (secondary N) is 1. The van der Waals surface area contributed by atoms with Crippen molar-refractivity contribution in [2.24, 2.45) is 0 Å². The van der Waals surface area contributed by atoms with Gasteiger partial charge in [0.05, 0.1) is 11.9 Å². The molecule has 124 valence electrons. The third-order valence-corrected chi connectivity index (χ3v) is 4.03. The number of amides is 1. The van der Waals surface area contributed by atoms with Gasteiger partial charge in [-0.3, -0.25) is 9.36 Å². The number of carbonyl (C=O) groups is 1. The highest BCUT2D eigenvalue weighted by atomic mass is 16.4. The summed E-state index contributed by atoms with van der Waals surface area (Å²) in [5.74, 6) is -0.488. The molecule has 0 aliphatic heterocycles. The van der Waals surface area contributed by atoms with E-state index in [1.165, 1.54) is 0 Å². The van der Waals surface area contributed by atoms with Crippen molar-refractivity contribution < 1.29 is 9.21 Å². The smallest absolute Gasteiger partial charge is 0.408 e. The third kappa shape index (κ3) is 3.11. The number of rotatable bonds is 4. The first-order valence-electron chi connectivity index (χ1n) is 7.95. The molecule has 1 heterocycles. The van der Waals surface area contributed by atoms with E-state index in [1.54, 1.807) is 22.8 Å². The van der Waals surface area contributed by atoms with Crippen LogP contribution in [0, 0.1) is 6.92 Å². The van der Waals surface area contributed by atoms with Crippen LogP contribution >= 0.6 is 0 Å². The van der Waals surface area contributed by atoms with Crippen molar-refractivity contribution in [1.29, 1.82) is 0 Å². The van der Waals surface area contributed by atoms with E-state index >= 15 is 0 Å². The van der Waals surface area contributed by atoms with Gasteiger partial charge in [0.1, 0.15) is 0 Å². The van der Waals surface area contributed by atoms with Crippen molar-refractivity contribution in [3.8, 4) is 0 Å². The second-order valence-electron chi connectivity index (χ2n) is 6.17. The van der Waals surface area contributed by atoms with Crippen molar-refractivity contribution in [3.63, 3.8) is 0 Å². The molecule has 0 unspecified atom stereocenters. The molecule has 5 heteroatoms. The quantitative estimate of drug-likeness (QED) is 0.796. The standard InChI is InChI=1S/C19H20N2O3/c1-12(2)21-16-9-8-15(11-17(16)24-19(21)23)20-18(22)10-14-7-5-4-6-13(14)3/h4-9,11-12H,10H2,1-3H3,(H,20,22). The Balaban J connectivity index is 1.82. The Morgan fingerprint density at radius 1 is 1.21 bits per heavy atom. The zero-order valence-corrected chi connectivity index (χ0v) is 14.0. The van der Waals surface area contributed by atoms with Crippen molar-refractivity contribution >= 4 is 22.7 Å². The lowest BCUT2D eigenvalue weighted by Crippen LogP contribution is -2.16. The van der Waals surface area contributed by atoms with E-state index in [1.807, 2.05) is 45.0 Å². The largest absolute Gasteiger partial charge is 0.420 e. The number of fused-ring (bicyclic) bond motifs is 1. The van der Waals surface area contributed by atoms with Gasteiger partial charge in [0.25, 0.3) is 0 Å². The highest BCUT2D eigenvalue weighted by Gasteiger charge is 2.13. The molecule has 1 N–H and O–H groups in total. The predicted octanol–water partition coefficient (Wildman–Crippen LogP) is 3.67. The van der Waals surface area contributed by atoms with E-state index in [2.05, 4.69) is 5.32 Å². The van der Waals surface area contributed by atoms with E-state index in [0.29, 0.717) is 17.7 Å². The van der Waals surface area contributed by atoms with Crippen LogP contribution in [-0.2, 0) is 11.2 Å². The van der Waals surface area contributed by atoms with E-state index in [-0.39, 0.29) is 17.7 Å². The van der Waals surface area contributed by atoms with Crippen LogP contribution in [-0.4, -0.2) is 10.5 Å². The van der Waals surface area contributed by atoms with Gasteiger partial charge in [0.15, 0.2) is 5.58 Å². The molecule has 1 amide bonds. The Labute approximate surface area is 139 Å². The summed E-state index contributed by atoms with van der Waals surface area (Å²) in [4.78, 5) is 24.1. The molecule has 0 bridgehead atoms. The number of anilines is 1. The van der Waals surface area contributed by atoms with Gasteiger partial charge in [-0.15, -0.1) is 0 Å². The number of oxazole rings is 1. The van der Waals surface area contributed by atoms with E-state index in [4.69, 9.17) is 4.42 Å². The summed E-state index contributed by atoms with van der Waals surface area (Å²) in [7, 11) is 0. The molecular formula is C19H20N2O3. The lowest BCUT2D eigenvalue weighted by molar-refractivity contribution is -0.115. The zero-order chi connectivity index (χ0) is 17.3. The Bertz CT molecular complexity index is 951. The SMILES string of the molecule is Cc1ccccc1CC(=O)Nc1ccc2c(c1)oc(=O)n2C(C)C.